The molecule has 0 saturated carbocycles. The van der Waals surface area contributed by atoms with Crippen molar-refractivity contribution in [1.29, 1.82) is 5.26 Å². The Morgan fingerprint density at radius 1 is 1.14 bits per heavy atom. The normalized spacial score (nSPS) is 11.1. The molecule has 37 heavy (non-hydrogen) atoms. The number of halogens is 2. The van der Waals surface area contributed by atoms with Gasteiger partial charge in [0, 0.05) is 17.8 Å². The Labute approximate surface area is 213 Å². The summed E-state index contributed by atoms with van der Waals surface area (Å²) in [7, 11) is 0. The van der Waals surface area contributed by atoms with E-state index in [-0.39, 0.29) is 24.1 Å². The molecule has 1 aromatic carbocycles. The van der Waals surface area contributed by atoms with Gasteiger partial charge in [-0.2, -0.15) is 10.2 Å². The van der Waals surface area contributed by atoms with Gasteiger partial charge in [-0.25, -0.2) is 18.4 Å². The Balaban J connectivity index is 1.94. The molecule has 3 aromatic heterocycles. The van der Waals surface area contributed by atoms with Crippen LogP contribution in [0.25, 0.3) is 22.4 Å². The molecule has 0 amide bonds. The third kappa shape index (κ3) is 5.09. The number of nitrogen functional groups attached to an aromatic ring is 1. The number of nitriles is 1. The van der Waals surface area contributed by atoms with Gasteiger partial charge >= 0.3 is 0 Å². The zero-order valence-corrected chi connectivity index (χ0v) is 21.0. The molecule has 4 aromatic rings. The molecule has 0 bridgehead atoms. The first-order valence-electron chi connectivity index (χ1n) is 11.8. The summed E-state index contributed by atoms with van der Waals surface area (Å²) in [6, 6.07) is 10.3. The summed E-state index contributed by atoms with van der Waals surface area (Å²) >= 11 is 0. The highest BCUT2D eigenvalue weighted by Crippen LogP contribution is 2.40. The molecule has 4 rings (SSSR count). The lowest BCUT2D eigenvalue weighted by molar-refractivity contribution is 0.146. The van der Waals surface area contributed by atoms with Crippen molar-refractivity contribution in [3.63, 3.8) is 0 Å². The van der Waals surface area contributed by atoms with Crippen molar-refractivity contribution in [1.82, 2.24) is 29.9 Å². The van der Waals surface area contributed by atoms with Crippen molar-refractivity contribution >= 4 is 5.95 Å². The molecule has 0 radical (unpaired) electrons. The fourth-order valence-corrected chi connectivity index (χ4v) is 4.24. The number of ether oxygens (including phenoxy) is 1. The van der Waals surface area contributed by atoms with Crippen LogP contribution in [-0.4, -0.2) is 29.9 Å². The van der Waals surface area contributed by atoms with E-state index in [0.29, 0.717) is 57.9 Å². The van der Waals surface area contributed by atoms with Crippen LogP contribution in [0.2, 0.25) is 0 Å². The summed E-state index contributed by atoms with van der Waals surface area (Å²) in [6.45, 7) is 8.08. The second-order valence-corrected chi connectivity index (χ2v) is 8.36. The first-order chi connectivity index (χ1) is 17.8. The predicted octanol–water partition coefficient (Wildman–Crippen LogP) is 4.97. The fourth-order valence-electron chi connectivity index (χ4n) is 4.24. The van der Waals surface area contributed by atoms with Crippen LogP contribution >= 0.6 is 0 Å². The lowest BCUT2D eigenvalue weighted by atomic mass is 9.94. The molecule has 2 N–H and O–H groups in total. The van der Waals surface area contributed by atoms with Gasteiger partial charge in [0.1, 0.15) is 18.0 Å². The van der Waals surface area contributed by atoms with E-state index in [0.717, 1.165) is 5.69 Å². The Bertz CT molecular complexity index is 1490. The number of hydrogen-bond acceptors (Lipinski definition) is 8. The van der Waals surface area contributed by atoms with Gasteiger partial charge in [0.2, 0.25) is 11.8 Å². The van der Waals surface area contributed by atoms with Crippen LogP contribution < -0.4 is 10.5 Å². The molecule has 9 nitrogen and oxygen atoms in total. The molecule has 0 fully saturated rings. The highest BCUT2D eigenvalue weighted by atomic mass is 19.3. The summed E-state index contributed by atoms with van der Waals surface area (Å²) < 4.78 is 35.3. The van der Waals surface area contributed by atoms with E-state index in [9.17, 15) is 14.0 Å². The molecule has 0 atom stereocenters. The SMILES string of the molecule is CCc1c(COc2nc(N)nc(-c3cccc(C#N)c3C)c2-c2cc(C)nc(C(F)F)c2)nnn1CC. The van der Waals surface area contributed by atoms with Crippen molar-refractivity contribution in [2.45, 2.75) is 53.7 Å². The molecule has 0 aliphatic heterocycles. The topological polar surface area (TPSA) is 128 Å². The van der Waals surface area contributed by atoms with Crippen LogP contribution in [0.3, 0.4) is 0 Å². The highest BCUT2D eigenvalue weighted by molar-refractivity contribution is 5.86. The second kappa shape index (κ2) is 10.7. The zero-order chi connectivity index (χ0) is 26.7. The van der Waals surface area contributed by atoms with Gasteiger partial charge < -0.3 is 10.5 Å². The van der Waals surface area contributed by atoms with Gasteiger partial charge in [0.05, 0.1) is 28.6 Å². The Hall–Kier alpha value is -4.46. The van der Waals surface area contributed by atoms with Crippen LogP contribution in [0.4, 0.5) is 14.7 Å². The summed E-state index contributed by atoms with van der Waals surface area (Å²) in [6.07, 6.45) is -2.08. The maximum absolute atomic E-state index is 13.7. The summed E-state index contributed by atoms with van der Waals surface area (Å²) in [5.74, 6) is 0.0338. The van der Waals surface area contributed by atoms with Gasteiger partial charge in [0.25, 0.3) is 6.43 Å². The van der Waals surface area contributed by atoms with E-state index in [1.54, 1.807) is 42.8 Å². The van der Waals surface area contributed by atoms with Crippen LogP contribution in [0.15, 0.2) is 30.3 Å². The molecule has 0 unspecified atom stereocenters. The van der Waals surface area contributed by atoms with Crippen molar-refractivity contribution in [2.24, 2.45) is 0 Å². The van der Waals surface area contributed by atoms with E-state index >= 15 is 0 Å². The number of benzene rings is 1. The summed E-state index contributed by atoms with van der Waals surface area (Å²) in [5, 5.41) is 18.0. The molecular weight excluding hydrogens is 478 g/mol. The molecule has 0 aliphatic rings. The molecule has 190 valence electrons. The van der Waals surface area contributed by atoms with Crippen molar-refractivity contribution in [2.75, 3.05) is 5.73 Å². The fraction of sp³-hybridized carbons (Fsp3) is 0.308. The maximum Gasteiger partial charge on any atom is 0.280 e. The lowest BCUT2D eigenvalue weighted by Crippen LogP contribution is -2.08. The van der Waals surface area contributed by atoms with E-state index < -0.39 is 6.43 Å². The Kier molecular flexibility index (Phi) is 7.38. The standard InChI is InChI=1S/C26H26F2N8O/c1-5-21-20(34-35-36(21)6-2)13-37-25-22(17-10-14(3)31-19(11-17)24(27)28)23(32-26(30)33-25)18-9-7-8-16(12-29)15(18)4/h7-11,24H,5-6,13H2,1-4H3,(H2,30,32,33). The molecule has 0 aliphatic carbocycles. The van der Waals surface area contributed by atoms with Gasteiger partial charge in [-0.05, 0) is 56.5 Å². The minimum absolute atomic E-state index is 0.0368. The minimum atomic E-state index is -2.78. The minimum Gasteiger partial charge on any atom is -0.470 e. The second-order valence-electron chi connectivity index (χ2n) is 8.36. The summed E-state index contributed by atoms with van der Waals surface area (Å²) in [5.41, 5.74) is 10.5. The number of pyridine rings is 1. The van der Waals surface area contributed by atoms with E-state index in [4.69, 9.17) is 10.5 Å². The zero-order valence-electron chi connectivity index (χ0n) is 21.0. The third-order valence-electron chi connectivity index (χ3n) is 5.99. The maximum atomic E-state index is 13.7. The van der Waals surface area contributed by atoms with E-state index in [2.05, 4.69) is 31.3 Å². The number of nitrogens with zero attached hydrogens (tertiary/aromatic N) is 7. The number of rotatable bonds is 8. The molecule has 0 spiro atoms. The van der Waals surface area contributed by atoms with Crippen LogP contribution in [0.1, 0.15) is 54.2 Å². The molecule has 11 heteroatoms. The van der Waals surface area contributed by atoms with E-state index in [1.807, 2.05) is 13.8 Å². The predicted molar refractivity (Wildman–Crippen MR) is 134 cm³/mol. The van der Waals surface area contributed by atoms with Gasteiger partial charge in [0.15, 0.2) is 0 Å². The monoisotopic (exact) mass is 504 g/mol. The smallest absolute Gasteiger partial charge is 0.280 e. The van der Waals surface area contributed by atoms with E-state index in [1.165, 1.54) is 6.07 Å². The number of hydrogen-bond donors (Lipinski definition) is 1. The van der Waals surface area contributed by atoms with Gasteiger partial charge in [-0.15, -0.1) is 5.10 Å². The highest BCUT2D eigenvalue weighted by Gasteiger charge is 2.23. The Morgan fingerprint density at radius 2 is 1.92 bits per heavy atom. The first kappa shape index (κ1) is 25.6. The summed E-state index contributed by atoms with van der Waals surface area (Å²) in [4.78, 5) is 12.8. The quantitative estimate of drug-likeness (QED) is 0.356. The average Bonchev–Trinajstić information content (AvgIpc) is 3.28. The molecule has 3 heterocycles. The van der Waals surface area contributed by atoms with Crippen molar-refractivity contribution < 1.29 is 13.5 Å². The largest absolute Gasteiger partial charge is 0.470 e. The van der Waals surface area contributed by atoms with Crippen molar-refractivity contribution in [3.8, 4) is 34.3 Å². The van der Waals surface area contributed by atoms with Crippen molar-refractivity contribution in [3.05, 3.63) is 64.2 Å². The lowest BCUT2D eigenvalue weighted by Gasteiger charge is -2.17. The number of aryl methyl sites for hydroxylation is 2. The van der Waals surface area contributed by atoms with Crippen LogP contribution in [0.5, 0.6) is 5.88 Å². The number of aromatic nitrogens is 6. The first-order valence-corrected chi connectivity index (χ1v) is 11.8. The number of alkyl halides is 2. The van der Waals surface area contributed by atoms with Gasteiger partial charge in [-0.3, -0.25) is 4.98 Å². The number of nitrogens with two attached hydrogens (primary N) is 1. The molecule has 0 saturated heterocycles. The Morgan fingerprint density at radius 3 is 2.59 bits per heavy atom. The van der Waals surface area contributed by atoms with Gasteiger partial charge in [-0.1, -0.05) is 24.3 Å². The third-order valence-corrected chi connectivity index (χ3v) is 5.99. The van der Waals surface area contributed by atoms with Crippen LogP contribution in [-0.2, 0) is 19.6 Å². The van der Waals surface area contributed by atoms with Crippen LogP contribution in [0, 0.1) is 25.2 Å². The molecular formula is C26H26F2N8O. The number of anilines is 1. The average molecular weight is 505 g/mol.